The summed E-state index contributed by atoms with van der Waals surface area (Å²) in [5.41, 5.74) is 5.67. The summed E-state index contributed by atoms with van der Waals surface area (Å²) < 4.78 is 17.6. The molecule has 0 aromatic carbocycles. The molecule has 0 saturated heterocycles. The number of nitrogens with two attached hydrogens (primary N) is 1. The Balaban J connectivity index is 4.55. The molecule has 2 N–H and O–H groups in total. The van der Waals surface area contributed by atoms with Gasteiger partial charge in [-0.3, -0.25) is 9.59 Å². The topological polar surface area (TPSA) is 91.1 Å². The Kier molecular flexibility index (Phi) is 50.8. The van der Waals surface area contributed by atoms with Crippen molar-refractivity contribution in [2.75, 3.05) is 52.6 Å². The quantitative estimate of drug-likeness (QED) is 0.0480. The maximum Gasteiger partial charge on any atom is 0.308 e. The molecular formula is C56H112N2O5. The molecule has 0 heterocycles. The van der Waals surface area contributed by atoms with E-state index in [1.54, 1.807) is 0 Å². The van der Waals surface area contributed by atoms with E-state index in [0.717, 1.165) is 129 Å². The molecule has 0 aromatic heterocycles. The normalized spacial score (nSPS) is 12.6. The average Bonchev–Trinajstić information content (AvgIpc) is 3.29. The Morgan fingerprint density at radius 2 is 0.635 bits per heavy atom. The average molecular weight is 894 g/mol. The van der Waals surface area contributed by atoms with Gasteiger partial charge in [0.2, 0.25) is 0 Å². The van der Waals surface area contributed by atoms with Gasteiger partial charge >= 0.3 is 11.9 Å². The summed E-state index contributed by atoms with van der Waals surface area (Å²) in [5, 5.41) is 0. The molecule has 0 amide bonds. The number of hydrogen-bond acceptors (Lipinski definition) is 7. The summed E-state index contributed by atoms with van der Waals surface area (Å²) in [6.07, 6.45) is 48.8. The van der Waals surface area contributed by atoms with Gasteiger partial charge in [-0.15, -0.1) is 0 Å². The summed E-state index contributed by atoms with van der Waals surface area (Å²) in [7, 11) is 0. The van der Waals surface area contributed by atoms with E-state index in [-0.39, 0.29) is 23.8 Å². The summed E-state index contributed by atoms with van der Waals surface area (Å²) in [4.78, 5) is 28.9. The first kappa shape index (κ1) is 61.8. The second-order valence-corrected chi connectivity index (χ2v) is 19.4. The van der Waals surface area contributed by atoms with Crippen molar-refractivity contribution in [3.8, 4) is 0 Å². The smallest absolute Gasteiger partial charge is 0.308 e. The minimum absolute atomic E-state index is 0.0649. The predicted molar refractivity (Wildman–Crippen MR) is 273 cm³/mol. The fourth-order valence-corrected chi connectivity index (χ4v) is 9.03. The highest BCUT2D eigenvalue weighted by Crippen LogP contribution is 2.23. The van der Waals surface area contributed by atoms with Crippen molar-refractivity contribution in [2.24, 2.45) is 17.6 Å². The standard InChI is InChI=1S/C56H112N2O5/c1-5-9-13-17-21-23-27-35-43-53(41-33-25-19-15-11-7-3)55(59)62-49-39-31-29-37-46-58(48-52-61-51-45-57)47-38-30-32-40-50-63-56(60)54(42-34-26-20-16-12-8-4)44-36-28-24-22-18-14-10-6-2/h53-54H,5-52,57H2,1-4H3. The van der Waals surface area contributed by atoms with E-state index in [4.69, 9.17) is 19.9 Å². The third kappa shape index (κ3) is 44.4. The van der Waals surface area contributed by atoms with E-state index in [1.807, 2.05) is 0 Å². The van der Waals surface area contributed by atoms with Crippen LogP contribution in [0, 0.1) is 11.8 Å². The van der Waals surface area contributed by atoms with Crippen LogP contribution in [-0.2, 0) is 23.8 Å². The van der Waals surface area contributed by atoms with E-state index in [2.05, 4.69) is 32.6 Å². The number of unbranched alkanes of at least 4 members (excludes halogenated alkanes) is 30. The van der Waals surface area contributed by atoms with Crippen LogP contribution in [0.25, 0.3) is 0 Å². The molecule has 0 spiro atoms. The van der Waals surface area contributed by atoms with Crippen LogP contribution < -0.4 is 5.73 Å². The zero-order chi connectivity index (χ0) is 45.9. The minimum atomic E-state index is 0.0649. The Bertz CT molecular complexity index is 852. The Morgan fingerprint density at radius 3 is 0.952 bits per heavy atom. The lowest BCUT2D eigenvalue weighted by atomic mass is 9.94. The maximum absolute atomic E-state index is 13.2. The number of carbonyl (C=O) groups excluding carboxylic acids is 2. The first-order chi connectivity index (χ1) is 31.0. The SMILES string of the molecule is CCCCCCCCCCC(CCCCCCCC)C(=O)OCCCCCCN(CCCCCCOC(=O)C(CCCCCCCC)CCCCCCCCCC)CCOCCN. The summed E-state index contributed by atoms with van der Waals surface area (Å²) in [6, 6.07) is 0. The van der Waals surface area contributed by atoms with Crippen molar-refractivity contribution < 1.29 is 23.8 Å². The highest BCUT2D eigenvalue weighted by Gasteiger charge is 2.20. The molecule has 0 radical (unpaired) electrons. The second kappa shape index (κ2) is 51.8. The van der Waals surface area contributed by atoms with Gasteiger partial charge in [0, 0.05) is 13.1 Å². The predicted octanol–water partition coefficient (Wildman–Crippen LogP) is 16.3. The summed E-state index contributed by atoms with van der Waals surface area (Å²) in [5.74, 6) is 0.302. The Hall–Kier alpha value is -1.18. The van der Waals surface area contributed by atoms with E-state index in [9.17, 15) is 9.59 Å². The van der Waals surface area contributed by atoms with Gasteiger partial charge in [-0.1, -0.05) is 233 Å². The molecule has 0 fully saturated rings. The highest BCUT2D eigenvalue weighted by molar-refractivity contribution is 5.72. The monoisotopic (exact) mass is 893 g/mol. The summed E-state index contributed by atoms with van der Waals surface area (Å²) in [6.45, 7) is 15.2. The van der Waals surface area contributed by atoms with Crippen LogP contribution in [0.1, 0.15) is 285 Å². The fourth-order valence-electron chi connectivity index (χ4n) is 9.03. The van der Waals surface area contributed by atoms with Crippen LogP contribution in [-0.4, -0.2) is 69.4 Å². The lowest BCUT2D eigenvalue weighted by molar-refractivity contribution is -0.150. The number of nitrogens with zero attached hydrogens (tertiary/aromatic N) is 1. The minimum Gasteiger partial charge on any atom is -0.465 e. The van der Waals surface area contributed by atoms with Crippen molar-refractivity contribution in [3.05, 3.63) is 0 Å². The van der Waals surface area contributed by atoms with Crippen molar-refractivity contribution >= 4 is 11.9 Å². The number of hydrogen-bond donors (Lipinski definition) is 1. The van der Waals surface area contributed by atoms with Crippen molar-refractivity contribution in [1.82, 2.24) is 4.90 Å². The molecule has 2 atom stereocenters. The van der Waals surface area contributed by atoms with Crippen LogP contribution in [0.4, 0.5) is 0 Å². The first-order valence-electron chi connectivity index (χ1n) is 28.4. The Morgan fingerprint density at radius 1 is 0.349 bits per heavy atom. The molecular weight excluding hydrogens is 781 g/mol. The highest BCUT2D eigenvalue weighted by atomic mass is 16.5. The van der Waals surface area contributed by atoms with Gasteiger partial charge < -0.3 is 24.8 Å². The van der Waals surface area contributed by atoms with Crippen LogP contribution in [0.2, 0.25) is 0 Å². The zero-order valence-corrected chi connectivity index (χ0v) is 43.2. The van der Waals surface area contributed by atoms with Gasteiger partial charge in [0.25, 0.3) is 0 Å². The number of carbonyl (C=O) groups is 2. The molecule has 376 valence electrons. The van der Waals surface area contributed by atoms with Crippen LogP contribution in [0.5, 0.6) is 0 Å². The number of rotatable bonds is 53. The van der Waals surface area contributed by atoms with E-state index in [0.29, 0.717) is 26.4 Å². The Labute approximate surface area is 394 Å². The summed E-state index contributed by atoms with van der Waals surface area (Å²) >= 11 is 0. The molecule has 63 heavy (non-hydrogen) atoms. The van der Waals surface area contributed by atoms with Crippen LogP contribution >= 0.6 is 0 Å². The van der Waals surface area contributed by atoms with Gasteiger partial charge in [0.1, 0.15) is 0 Å². The molecule has 0 aliphatic heterocycles. The van der Waals surface area contributed by atoms with Gasteiger partial charge in [-0.25, -0.2) is 0 Å². The first-order valence-corrected chi connectivity index (χ1v) is 28.4. The lowest BCUT2D eigenvalue weighted by Crippen LogP contribution is -2.30. The second-order valence-electron chi connectivity index (χ2n) is 19.4. The van der Waals surface area contributed by atoms with Gasteiger partial charge in [-0.05, 0) is 64.5 Å². The molecule has 0 aliphatic carbocycles. The van der Waals surface area contributed by atoms with E-state index < -0.39 is 0 Å². The molecule has 0 aliphatic rings. The molecule has 0 rings (SSSR count). The van der Waals surface area contributed by atoms with Gasteiger partial charge in [0.05, 0.1) is 38.3 Å². The van der Waals surface area contributed by atoms with E-state index >= 15 is 0 Å². The number of ether oxygens (including phenoxy) is 3. The van der Waals surface area contributed by atoms with Crippen LogP contribution in [0.3, 0.4) is 0 Å². The third-order valence-corrected chi connectivity index (χ3v) is 13.3. The van der Waals surface area contributed by atoms with Gasteiger partial charge in [-0.2, -0.15) is 0 Å². The zero-order valence-electron chi connectivity index (χ0n) is 43.2. The number of esters is 2. The molecule has 2 unspecified atom stereocenters. The third-order valence-electron chi connectivity index (χ3n) is 13.3. The molecule has 0 saturated carbocycles. The lowest BCUT2D eigenvalue weighted by Gasteiger charge is -2.22. The largest absolute Gasteiger partial charge is 0.465 e. The van der Waals surface area contributed by atoms with Crippen molar-refractivity contribution in [1.29, 1.82) is 0 Å². The van der Waals surface area contributed by atoms with Crippen molar-refractivity contribution in [2.45, 2.75) is 285 Å². The molecule has 0 bridgehead atoms. The van der Waals surface area contributed by atoms with Crippen LogP contribution in [0.15, 0.2) is 0 Å². The molecule has 0 aromatic rings. The molecule has 7 nitrogen and oxygen atoms in total. The fraction of sp³-hybridized carbons (Fsp3) is 0.964. The maximum atomic E-state index is 13.2. The van der Waals surface area contributed by atoms with Gasteiger partial charge in [0.15, 0.2) is 0 Å². The van der Waals surface area contributed by atoms with Crippen molar-refractivity contribution in [3.63, 3.8) is 0 Å². The molecule has 7 heteroatoms. The van der Waals surface area contributed by atoms with E-state index in [1.165, 1.54) is 154 Å².